The van der Waals surface area contributed by atoms with E-state index < -0.39 is 11.6 Å². The second-order valence-corrected chi connectivity index (χ2v) is 6.59. The summed E-state index contributed by atoms with van der Waals surface area (Å²) in [6, 6.07) is 23.2. The van der Waals surface area contributed by atoms with Gasteiger partial charge in [-0.2, -0.15) is 0 Å². The number of aromatic hydroxyl groups is 1. The molecule has 3 nitrogen and oxygen atoms in total. The Morgan fingerprint density at radius 1 is 0.926 bits per heavy atom. The van der Waals surface area contributed by atoms with Crippen molar-refractivity contribution in [2.75, 3.05) is 0 Å². The molecular formula is C22H20ClCuNO2. The van der Waals surface area contributed by atoms with Crippen molar-refractivity contribution in [3.8, 4) is 5.75 Å². The smallest absolute Gasteiger partial charge is 0.137 e. The molecule has 0 saturated carbocycles. The summed E-state index contributed by atoms with van der Waals surface area (Å²) in [7, 11) is 0. The Balaban J connectivity index is 0.00000261. The van der Waals surface area contributed by atoms with E-state index in [1.807, 2.05) is 67.6 Å². The molecule has 1 atom stereocenters. The van der Waals surface area contributed by atoms with E-state index in [4.69, 9.17) is 11.6 Å². The second-order valence-electron chi connectivity index (χ2n) is 6.16. The molecule has 0 saturated heterocycles. The van der Waals surface area contributed by atoms with Gasteiger partial charge in [-0.1, -0.05) is 72.3 Å². The second kappa shape index (κ2) is 9.20. The summed E-state index contributed by atoms with van der Waals surface area (Å²) in [5.74, 6) is 0.0910. The summed E-state index contributed by atoms with van der Waals surface area (Å²) in [4.78, 5) is 4.53. The molecule has 0 aliphatic carbocycles. The normalized spacial score (nSPS) is 12.6. The summed E-state index contributed by atoms with van der Waals surface area (Å²) in [5.41, 5.74) is 0.720. The zero-order valence-electron chi connectivity index (χ0n) is 14.7. The van der Waals surface area contributed by atoms with Crippen LogP contribution in [0.3, 0.4) is 0 Å². The molecule has 0 amide bonds. The van der Waals surface area contributed by atoms with Gasteiger partial charge >= 0.3 is 0 Å². The van der Waals surface area contributed by atoms with Gasteiger partial charge < -0.3 is 10.2 Å². The van der Waals surface area contributed by atoms with E-state index in [9.17, 15) is 10.2 Å². The average molecular weight is 429 g/mol. The van der Waals surface area contributed by atoms with E-state index in [2.05, 4.69) is 4.99 Å². The molecule has 3 aromatic carbocycles. The standard InChI is InChI=1S/C22H20ClNO2.Cu/c1-16(24-15-17-14-20(23)12-13-21(17)25)22(26,18-8-4-2-5-9-18)19-10-6-3-7-11-19;/h2-16,25-26H,1H3;/t16-;/m1./s1. The van der Waals surface area contributed by atoms with Gasteiger partial charge in [-0.3, -0.25) is 4.99 Å². The molecule has 0 aromatic heterocycles. The van der Waals surface area contributed by atoms with Gasteiger partial charge in [-0.05, 0) is 36.2 Å². The number of aliphatic imine (C=N–C) groups is 1. The van der Waals surface area contributed by atoms with Crippen molar-refractivity contribution in [2.24, 2.45) is 4.99 Å². The number of nitrogens with zero attached hydrogens (tertiary/aromatic N) is 1. The van der Waals surface area contributed by atoms with Gasteiger partial charge in [0, 0.05) is 33.9 Å². The summed E-state index contributed by atoms with van der Waals surface area (Å²) in [6.45, 7) is 1.85. The van der Waals surface area contributed by atoms with Gasteiger partial charge in [0.25, 0.3) is 0 Å². The van der Waals surface area contributed by atoms with E-state index in [-0.39, 0.29) is 22.8 Å². The molecule has 0 aliphatic heterocycles. The van der Waals surface area contributed by atoms with Gasteiger partial charge in [-0.15, -0.1) is 0 Å². The summed E-state index contributed by atoms with van der Waals surface area (Å²) in [5, 5.41) is 22.1. The van der Waals surface area contributed by atoms with Gasteiger partial charge in [0.05, 0.1) is 6.04 Å². The van der Waals surface area contributed by atoms with E-state index in [1.165, 1.54) is 6.07 Å². The number of halogens is 1. The van der Waals surface area contributed by atoms with Crippen LogP contribution in [-0.4, -0.2) is 22.5 Å². The Morgan fingerprint density at radius 3 is 1.96 bits per heavy atom. The molecule has 3 aromatic rings. The monoisotopic (exact) mass is 428 g/mol. The first kappa shape index (κ1) is 21.2. The molecule has 0 heterocycles. The maximum Gasteiger partial charge on any atom is 0.137 e. The van der Waals surface area contributed by atoms with Crippen molar-refractivity contribution in [3.05, 3.63) is 101 Å². The fourth-order valence-electron chi connectivity index (χ4n) is 2.96. The zero-order chi connectivity index (χ0) is 18.6. The molecule has 0 fully saturated rings. The third kappa shape index (κ3) is 4.60. The number of hydrogen-bond acceptors (Lipinski definition) is 3. The number of hydrogen-bond donors (Lipinski definition) is 2. The summed E-state index contributed by atoms with van der Waals surface area (Å²) < 4.78 is 0. The van der Waals surface area contributed by atoms with Crippen LogP contribution >= 0.6 is 11.6 Å². The van der Waals surface area contributed by atoms with E-state index in [1.54, 1.807) is 18.3 Å². The van der Waals surface area contributed by atoms with Crippen LogP contribution in [0.25, 0.3) is 0 Å². The minimum Gasteiger partial charge on any atom is -0.507 e. The van der Waals surface area contributed by atoms with Crippen LogP contribution in [0.1, 0.15) is 23.6 Å². The fourth-order valence-corrected chi connectivity index (χ4v) is 3.14. The molecule has 5 heteroatoms. The summed E-state index contributed by atoms with van der Waals surface area (Å²) in [6.07, 6.45) is 1.54. The van der Waals surface area contributed by atoms with Crippen molar-refractivity contribution in [3.63, 3.8) is 0 Å². The Labute approximate surface area is 174 Å². The maximum atomic E-state index is 11.6. The largest absolute Gasteiger partial charge is 0.507 e. The molecule has 0 unspecified atom stereocenters. The average Bonchev–Trinajstić information content (AvgIpc) is 2.69. The predicted molar refractivity (Wildman–Crippen MR) is 106 cm³/mol. The number of phenolic OH excluding ortho intramolecular Hbond substituents is 1. The molecular weight excluding hydrogens is 409 g/mol. The van der Waals surface area contributed by atoms with Crippen molar-refractivity contribution < 1.29 is 27.3 Å². The first-order valence-corrected chi connectivity index (χ1v) is 8.74. The molecule has 3 rings (SSSR count). The van der Waals surface area contributed by atoms with Crippen LogP contribution in [-0.2, 0) is 22.7 Å². The number of phenols is 1. The van der Waals surface area contributed by atoms with Crippen molar-refractivity contribution >= 4 is 17.8 Å². The summed E-state index contributed by atoms with van der Waals surface area (Å²) >= 11 is 5.99. The molecule has 2 N–H and O–H groups in total. The van der Waals surface area contributed by atoms with Crippen LogP contribution in [0.15, 0.2) is 83.9 Å². The number of benzene rings is 3. The van der Waals surface area contributed by atoms with Crippen LogP contribution < -0.4 is 0 Å². The van der Waals surface area contributed by atoms with Crippen molar-refractivity contribution in [1.29, 1.82) is 0 Å². The van der Waals surface area contributed by atoms with E-state index in [0.29, 0.717) is 10.6 Å². The SMILES string of the molecule is C[C@@H](N=Cc1cc(Cl)ccc1O)C(O)(c1ccccc1)c1ccccc1.[Cu]. The Morgan fingerprint density at radius 2 is 1.44 bits per heavy atom. The van der Waals surface area contributed by atoms with E-state index in [0.717, 1.165) is 11.1 Å². The van der Waals surface area contributed by atoms with Crippen molar-refractivity contribution in [2.45, 2.75) is 18.6 Å². The van der Waals surface area contributed by atoms with Gasteiger partial charge in [0.15, 0.2) is 0 Å². The topological polar surface area (TPSA) is 52.8 Å². The minimum atomic E-state index is -1.30. The Kier molecular flexibility index (Phi) is 7.23. The first-order chi connectivity index (χ1) is 12.5. The molecule has 1 radical (unpaired) electrons. The van der Waals surface area contributed by atoms with Crippen molar-refractivity contribution in [1.82, 2.24) is 0 Å². The molecule has 27 heavy (non-hydrogen) atoms. The van der Waals surface area contributed by atoms with Gasteiger partial charge in [0.2, 0.25) is 0 Å². The Bertz CT molecular complexity index is 861. The molecule has 0 bridgehead atoms. The van der Waals surface area contributed by atoms with Crippen LogP contribution in [0, 0.1) is 0 Å². The van der Waals surface area contributed by atoms with Crippen LogP contribution in [0.4, 0.5) is 0 Å². The number of rotatable bonds is 5. The fraction of sp³-hybridized carbons (Fsp3) is 0.136. The minimum absolute atomic E-state index is 0. The molecule has 143 valence electrons. The first-order valence-electron chi connectivity index (χ1n) is 8.37. The Hall–Kier alpha value is -2.10. The zero-order valence-corrected chi connectivity index (χ0v) is 16.4. The van der Waals surface area contributed by atoms with E-state index >= 15 is 0 Å². The third-order valence-electron chi connectivity index (χ3n) is 4.46. The maximum absolute atomic E-state index is 11.6. The van der Waals surface area contributed by atoms with Crippen LogP contribution in [0.2, 0.25) is 5.02 Å². The van der Waals surface area contributed by atoms with Crippen LogP contribution in [0.5, 0.6) is 5.75 Å². The van der Waals surface area contributed by atoms with Gasteiger partial charge in [0.1, 0.15) is 11.4 Å². The quantitative estimate of drug-likeness (QED) is 0.453. The third-order valence-corrected chi connectivity index (χ3v) is 4.69. The van der Waals surface area contributed by atoms with Gasteiger partial charge in [-0.25, -0.2) is 0 Å². The molecule has 0 spiro atoms. The number of aliphatic hydroxyl groups is 1. The predicted octanol–water partition coefficient (Wildman–Crippen LogP) is 4.79. The molecule has 0 aliphatic rings.